The van der Waals surface area contributed by atoms with Crippen molar-refractivity contribution in [1.29, 1.82) is 0 Å². The summed E-state index contributed by atoms with van der Waals surface area (Å²) in [4.78, 5) is 9.53. The Bertz CT molecular complexity index is 819. The Kier molecular flexibility index (Phi) is 9.00. The molecule has 0 fully saturated rings. The topological polar surface area (TPSA) is 97.3 Å². The number of hydrogen-bond acceptors (Lipinski definition) is 5. The molecular weight excluding hydrogens is 377 g/mol. The number of aromatic amines is 1. The average molecular weight is 397 g/mol. The molecule has 3 aromatic carbocycles. The Morgan fingerprint density at radius 1 is 0.643 bits per heavy atom. The van der Waals surface area contributed by atoms with E-state index in [4.69, 9.17) is 9.05 Å². The van der Waals surface area contributed by atoms with Gasteiger partial charge in [-0.05, 0) is 24.3 Å². The summed E-state index contributed by atoms with van der Waals surface area (Å²) in [6.07, 6.45) is 3.17. The molecule has 0 amide bonds. The zero-order valence-corrected chi connectivity index (χ0v) is 15.8. The van der Waals surface area contributed by atoms with Crippen molar-refractivity contribution in [3.8, 4) is 11.5 Å². The fourth-order valence-corrected chi connectivity index (χ4v) is 2.61. The summed E-state index contributed by atoms with van der Waals surface area (Å²) in [5, 5.41) is 9.33. The van der Waals surface area contributed by atoms with Gasteiger partial charge in [-0.1, -0.05) is 72.8 Å². The van der Waals surface area contributed by atoms with E-state index >= 15 is 0 Å². The number of phosphoric acid groups is 1. The average Bonchev–Trinajstić information content (AvgIpc) is 3.31. The predicted octanol–water partition coefficient (Wildman–Crippen LogP) is 4.74. The third-order valence-electron chi connectivity index (χ3n) is 2.93. The fraction of sp³-hybridized carbons (Fsp3) is 0. The summed E-state index contributed by atoms with van der Waals surface area (Å²) in [5.74, 6) is 0.573. The van der Waals surface area contributed by atoms with E-state index in [0.717, 1.165) is 0 Å². The maximum Gasteiger partial charge on any atom is 0.584 e. The minimum absolute atomic E-state index is 0.286. The summed E-state index contributed by atoms with van der Waals surface area (Å²) in [6, 6.07) is 28.7. The quantitative estimate of drug-likeness (QED) is 0.483. The molecule has 0 bridgehead atoms. The zero-order chi connectivity index (χ0) is 19.9. The van der Waals surface area contributed by atoms with Crippen molar-refractivity contribution in [3.05, 3.63) is 109 Å². The highest BCUT2D eigenvalue weighted by Gasteiger charge is 2.24. The Morgan fingerprint density at radius 2 is 0.964 bits per heavy atom. The zero-order valence-electron chi connectivity index (χ0n) is 14.9. The molecule has 0 spiro atoms. The van der Waals surface area contributed by atoms with Crippen LogP contribution >= 0.6 is 7.82 Å². The molecule has 0 saturated heterocycles. The van der Waals surface area contributed by atoms with Crippen molar-refractivity contribution in [2.24, 2.45) is 0 Å². The van der Waals surface area contributed by atoms with Crippen LogP contribution in [0.2, 0.25) is 0 Å². The first-order valence-electron chi connectivity index (χ1n) is 8.27. The number of benzene rings is 3. The van der Waals surface area contributed by atoms with Crippen molar-refractivity contribution in [2.75, 3.05) is 0 Å². The van der Waals surface area contributed by atoms with E-state index in [9.17, 15) is 9.46 Å². The van der Waals surface area contributed by atoms with E-state index in [2.05, 4.69) is 15.4 Å². The van der Waals surface area contributed by atoms with Gasteiger partial charge in [0.1, 0.15) is 11.5 Å². The van der Waals surface area contributed by atoms with Gasteiger partial charge in [-0.3, -0.25) is 4.89 Å². The van der Waals surface area contributed by atoms with Crippen LogP contribution in [0, 0.1) is 0 Å². The molecule has 0 aliphatic rings. The lowest BCUT2D eigenvalue weighted by atomic mass is 10.3. The van der Waals surface area contributed by atoms with Crippen LogP contribution in [0.5, 0.6) is 11.5 Å². The standard InChI is InChI=1S/C12H11O4P.C6H6.C2H3N3/c13-17(14,15-11-7-3-1-4-8-11)16-12-9-5-2-6-10-12;1-2-4-6-5-3-1;1-2-4-5-3-1/h1-10H,(H,13,14);1-6H;1-2H,(H,3,4,5). The first kappa shape index (κ1) is 20.9. The van der Waals surface area contributed by atoms with E-state index in [1.807, 2.05) is 36.4 Å². The third-order valence-corrected chi connectivity index (χ3v) is 3.81. The molecule has 1 aromatic heterocycles. The van der Waals surface area contributed by atoms with Gasteiger partial charge in [0.15, 0.2) is 0 Å². The van der Waals surface area contributed by atoms with Gasteiger partial charge in [0, 0.05) is 0 Å². The Morgan fingerprint density at radius 3 is 1.25 bits per heavy atom. The van der Waals surface area contributed by atoms with Crippen molar-refractivity contribution >= 4 is 7.82 Å². The monoisotopic (exact) mass is 397 g/mol. The van der Waals surface area contributed by atoms with E-state index in [1.165, 1.54) is 0 Å². The van der Waals surface area contributed by atoms with Crippen molar-refractivity contribution < 1.29 is 18.5 Å². The predicted molar refractivity (Wildman–Crippen MR) is 107 cm³/mol. The molecule has 0 radical (unpaired) electrons. The van der Waals surface area contributed by atoms with Gasteiger partial charge in [-0.25, -0.2) is 4.57 Å². The number of H-pyrrole nitrogens is 1. The highest BCUT2D eigenvalue weighted by Crippen LogP contribution is 2.44. The number of aromatic nitrogens is 3. The van der Waals surface area contributed by atoms with E-state index in [0.29, 0.717) is 0 Å². The SMILES string of the molecule is O=P(O)(Oc1ccccc1)Oc1ccccc1.c1ccccc1.c1cn[nH]n1. The molecule has 0 unspecified atom stereocenters. The smallest absolute Gasteiger partial charge is 0.395 e. The molecule has 144 valence electrons. The summed E-state index contributed by atoms with van der Waals surface area (Å²) >= 11 is 0. The molecule has 0 aliphatic heterocycles. The molecule has 0 aliphatic carbocycles. The van der Waals surface area contributed by atoms with E-state index in [1.54, 1.807) is 73.1 Å². The number of rotatable bonds is 4. The number of nitrogens with one attached hydrogen (secondary N) is 1. The van der Waals surface area contributed by atoms with Crippen LogP contribution in [-0.4, -0.2) is 20.3 Å². The molecule has 4 rings (SSSR count). The van der Waals surface area contributed by atoms with Gasteiger partial charge in [0.25, 0.3) is 0 Å². The molecule has 4 aromatic rings. The van der Waals surface area contributed by atoms with Gasteiger partial charge < -0.3 is 9.05 Å². The summed E-state index contributed by atoms with van der Waals surface area (Å²) in [7, 11) is -4.14. The van der Waals surface area contributed by atoms with Gasteiger partial charge >= 0.3 is 7.82 Å². The van der Waals surface area contributed by atoms with E-state index in [-0.39, 0.29) is 11.5 Å². The second-order valence-corrected chi connectivity index (χ2v) is 6.39. The first-order valence-corrected chi connectivity index (χ1v) is 9.77. The molecule has 28 heavy (non-hydrogen) atoms. The Hall–Kier alpha value is -3.41. The molecule has 0 saturated carbocycles. The van der Waals surface area contributed by atoms with Crippen LogP contribution in [0.3, 0.4) is 0 Å². The van der Waals surface area contributed by atoms with Gasteiger partial charge in [-0.15, -0.1) is 0 Å². The summed E-state index contributed by atoms with van der Waals surface area (Å²) in [5.41, 5.74) is 0. The highest BCUT2D eigenvalue weighted by molar-refractivity contribution is 7.48. The van der Waals surface area contributed by atoms with Crippen molar-refractivity contribution in [3.63, 3.8) is 0 Å². The van der Waals surface area contributed by atoms with Gasteiger partial charge in [-0.2, -0.15) is 15.4 Å². The van der Waals surface area contributed by atoms with Crippen LogP contribution in [0.4, 0.5) is 0 Å². The molecule has 8 heteroatoms. The number of phosphoric ester groups is 1. The Labute approximate surface area is 163 Å². The maximum atomic E-state index is 11.7. The van der Waals surface area contributed by atoms with Crippen LogP contribution in [-0.2, 0) is 4.57 Å². The molecular formula is C20H20N3O4P. The minimum Gasteiger partial charge on any atom is -0.395 e. The summed E-state index contributed by atoms with van der Waals surface area (Å²) < 4.78 is 21.5. The fourth-order valence-electron chi connectivity index (χ4n) is 1.80. The van der Waals surface area contributed by atoms with Gasteiger partial charge in [0.2, 0.25) is 0 Å². The second-order valence-electron chi connectivity index (χ2n) is 5.09. The third kappa shape index (κ3) is 9.33. The summed E-state index contributed by atoms with van der Waals surface area (Å²) in [6.45, 7) is 0. The number of hydrogen-bond donors (Lipinski definition) is 2. The molecule has 7 nitrogen and oxygen atoms in total. The Balaban J connectivity index is 0.000000206. The molecule has 0 atom stereocenters. The van der Waals surface area contributed by atoms with Crippen LogP contribution < -0.4 is 9.05 Å². The van der Waals surface area contributed by atoms with Crippen LogP contribution in [0.1, 0.15) is 0 Å². The molecule has 1 heterocycles. The van der Waals surface area contributed by atoms with Crippen LogP contribution in [0.25, 0.3) is 0 Å². The lowest BCUT2D eigenvalue weighted by Gasteiger charge is -2.13. The lowest BCUT2D eigenvalue weighted by Crippen LogP contribution is -1.99. The largest absolute Gasteiger partial charge is 0.584 e. The lowest BCUT2D eigenvalue weighted by molar-refractivity contribution is 0.291. The number of para-hydroxylation sites is 2. The number of nitrogens with zero attached hydrogens (tertiary/aromatic N) is 2. The van der Waals surface area contributed by atoms with E-state index < -0.39 is 7.82 Å². The normalized spacial score (nSPS) is 9.75. The maximum absolute atomic E-state index is 11.7. The second kappa shape index (κ2) is 12.1. The minimum atomic E-state index is -4.14. The highest BCUT2D eigenvalue weighted by atomic mass is 31.2. The van der Waals surface area contributed by atoms with Gasteiger partial charge in [0.05, 0.1) is 12.4 Å². The van der Waals surface area contributed by atoms with Crippen molar-refractivity contribution in [2.45, 2.75) is 0 Å². The van der Waals surface area contributed by atoms with Crippen molar-refractivity contribution in [1.82, 2.24) is 15.4 Å². The van der Waals surface area contributed by atoms with Crippen LogP contribution in [0.15, 0.2) is 109 Å². The first-order chi connectivity index (χ1) is 13.7. The molecule has 2 N–H and O–H groups in total.